The summed E-state index contributed by atoms with van der Waals surface area (Å²) in [5.74, 6) is 2.97. The van der Waals surface area contributed by atoms with Crippen molar-refractivity contribution < 1.29 is 14.3 Å². The SMILES string of the molecule is COc1ccc(OC)c(-c2cc(C(=O)Nc3cc(N4CCC(C)CC4)ncn3)[nH]n2)c1. The normalized spacial score (nSPS) is 14.4. The van der Waals surface area contributed by atoms with Gasteiger partial charge in [0.25, 0.3) is 5.91 Å². The number of hydrogen-bond donors (Lipinski definition) is 2. The van der Waals surface area contributed by atoms with Crippen molar-refractivity contribution in [1.29, 1.82) is 0 Å². The van der Waals surface area contributed by atoms with Crippen LogP contribution in [0.15, 0.2) is 36.7 Å². The zero-order chi connectivity index (χ0) is 21.8. The van der Waals surface area contributed by atoms with Gasteiger partial charge in [-0.2, -0.15) is 5.10 Å². The van der Waals surface area contributed by atoms with Gasteiger partial charge in [-0.05, 0) is 43.0 Å². The summed E-state index contributed by atoms with van der Waals surface area (Å²) in [6, 6.07) is 8.88. The first kappa shape index (κ1) is 20.6. The Bertz CT molecular complexity index is 1060. The fourth-order valence-electron chi connectivity index (χ4n) is 3.60. The van der Waals surface area contributed by atoms with E-state index in [1.54, 1.807) is 38.5 Å². The number of rotatable bonds is 6. The summed E-state index contributed by atoms with van der Waals surface area (Å²) in [5.41, 5.74) is 1.61. The van der Waals surface area contributed by atoms with Gasteiger partial charge in [0, 0.05) is 24.7 Å². The Balaban J connectivity index is 1.50. The third kappa shape index (κ3) is 4.60. The van der Waals surface area contributed by atoms with Crippen LogP contribution in [-0.4, -0.2) is 53.4 Å². The van der Waals surface area contributed by atoms with Crippen molar-refractivity contribution in [2.45, 2.75) is 19.8 Å². The molecule has 1 aliphatic heterocycles. The smallest absolute Gasteiger partial charge is 0.274 e. The van der Waals surface area contributed by atoms with Crippen molar-refractivity contribution in [3.8, 4) is 22.8 Å². The first-order chi connectivity index (χ1) is 15.1. The Labute approximate surface area is 180 Å². The summed E-state index contributed by atoms with van der Waals surface area (Å²) < 4.78 is 10.7. The molecule has 0 spiro atoms. The summed E-state index contributed by atoms with van der Waals surface area (Å²) in [6.07, 6.45) is 3.75. The van der Waals surface area contributed by atoms with Crippen molar-refractivity contribution in [2.24, 2.45) is 5.92 Å². The maximum absolute atomic E-state index is 12.8. The summed E-state index contributed by atoms with van der Waals surface area (Å²) >= 11 is 0. The Morgan fingerprint density at radius 3 is 2.68 bits per heavy atom. The highest BCUT2D eigenvalue weighted by atomic mass is 16.5. The van der Waals surface area contributed by atoms with E-state index in [9.17, 15) is 4.79 Å². The van der Waals surface area contributed by atoms with E-state index in [0.717, 1.165) is 43.2 Å². The van der Waals surface area contributed by atoms with E-state index in [1.807, 2.05) is 6.07 Å². The van der Waals surface area contributed by atoms with E-state index in [-0.39, 0.29) is 5.91 Å². The maximum atomic E-state index is 12.8. The van der Waals surface area contributed by atoms with Crippen LogP contribution in [0.1, 0.15) is 30.3 Å². The molecule has 1 aliphatic rings. The Morgan fingerprint density at radius 1 is 1.13 bits per heavy atom. The van der Waals surface area contributed by atoms with E-state index >= 15 is 0 Å². The molecule has 3 aromatic rings. The number of nitrogens with one attached hydrogen (secondary N) is 2. The molecule has 0 unspecified atom stereocenters. The largest absolute Gasteiger partial charge is 0.497 e. The first-order valence-corrected chi connectivity index (χ1v) is 10.2. The number of carbonyl (C=O) groups is 1. The molecule has 2 N–H and O–H groups in total. The van der Waals surface area contributed by atoms with Gasteiger partial charge in [-0.1, -0.05) is 6.92 Å². The van der Waals surface area contributed by atoms with Crippen LogP contribution in [0.4, 0.5) is 11.6 Å². The summed E-state index contributed by atoms with van der Waals surface area (Å²) in [6.45, 7) is 4.18. The maximum Gasteiger partial charge on any atom is 0.274 e. The number of H-pyrrole nitrogens is 1. The fraction of sp³-hybridized carbons (Fsp3) is 0.364. The second kappa shape index (κ2) is 9.03. The molecule has 0 aliphatic carbocycles. The number of aromatic nitrogens is 4. The topological polar surface area (TPSA) is 105 Å². The lowest BCUT2D eigenvalue weighted by Gasteiger charge is -2.31. The van der Waals surface area contributed by atoms with Gasteiger partial charge in [0.15, 0.2) is 0 Å². The molecule has 31 heavy (non-hydrogen) atoms. The minimum absolute atomic E-state index is 0.312. The van der Waals surface area contributed by atoms with Crippen LogP contribution in [0.2, 0.25) is 0 Å². The van der Waals surface area contributed by atoms with E-state index in [2.05, 4.69) is 37.3 Å². The van der Waals surface area contributed by atoms with Gasteiger partial charge in [-0.25, -0.2) is 9.97 Å². The monoisotopic (exact) mass is 422 g/mol. The lowest BCUT2D eigenvalue weighted by molar-refractivity contribution is 0.102. The first-order valence-electron chi connectivity index (χ1n) is 10.2. The van der Waals surface area contributed by atoms with Gasteiger partial charge < -0.3 is 19.7 Å². The number of benzene rings is 1. The van der Waals surface area contributed by atoms with Crippen LogP contribution in [0.25, 0.3) is 11.3 Å². The third-order valence-corrected chi connectivity index (χ3v) is 5.51. The minimum atomic E-state index is -0.336. The van der Waals surface area contributed by atoms with Gasteiger partial charge in [0.05, 0.1) is 19.9 Å². The average molecular weight is 422 g/mol. The van der Waals surface area contributed by atoms with E-state index < -0.39 is 0 Å². The zero-order valence-electron chi connectivity index (χ0n) is 17.9. The van der Waals surface area contributed by atoms with E-state index in [4.69, 9.17) is 9.47 Å². The molecule has 4 rings (SSSR count). The Morgan fingerprint density at radius 2 is 1.94 bits per heavy atom. The van der Waals surface area contributed by atoms with Gasteiger partial charge in [0.2, 0.25) is 0 Å². The summed E-state index contributed by atoms with van der Waals surface area (Å²) in [5, 5.41) is 9.87. The summed E-state index contributed by atoms with van der Waals surface area (Å²) in [4.78, 5) is 23.5. The van der Waals surface area contributed by atoms with Crippen LogP contribution in [0.5, 0.6) is 11.5 Å². The molecule has 0 saturated carbocycles. The number of carbonyl (C=O) groups excluding carboxylic acids is 1. The molecule has 2 aromatic heterocycles. The van der Waals surface area contributed by atoms with E-state index in [0.29, 0.717) is 28.7 Å². The standard InChI is InChI=1S/C22H26N6O3/c1-14-6-8-28(9-7-14)21-12-20(23-13-24-21)25-22(29)18-11-17(26-27-18)16-10-15(30-2)4-5-19(16)31-3/h4-5,10-14H,6-9H2,1-3H3,(H,26,27)(H,23,24,25,29). The van der Waals surface area contributed by atoms with Gasteiger partial charge in [0.1, 0.15) is 35.2 Å². The molecule has 162 valence electrons. The highest BCUT2D eigenvalue weighted by Gasteiger charge is 2.19. The third-order valence-electron chi connectivity index (χ3n) is 5.51. The molecule has 1 saturated heterocycles. The number of methoxy groups -OCH3 is 2. The average Bonchev–Trinajstić information content (AvgIpc) is 3.30. The number of anilines is 2. The lowest BCUT2D eigenvalue weighted by atomic mass is 9.99. The van der Waals surface area contributed by atoms with Gasteiger partial charge >= 0.3 is 0 Å². The molecule has 0 radical (unpaired) electrons. The van der Waals surface area contributed by atoms with Gasteiger partial charge in [-0.3, -0.25) is 9.89 Å². The number of piperidine rings is 1. The number of ether oxygens (including phenoxy) is 2. The molecule has 0 atom stereocenters. The minimum Gasteiger partial charge on any atom is -0.497 e. The second-order valence-electron chi connectivity index (χ2n) is 7.62. The van der Waals surface area contributed by atoms with Crippen LogP contribution < -0.4 is 19.7 Å². The number of nitrogens with zero attached hydrogens (tertiary/aromatic N) is 4. The van der Waals surface area contributed by atoms with Crippen LogP contribution in [0, 0.1) is 5.92 Å². The molecular formula is C22H26N6O3. The van der Waals surface area contributed by atoms with E-state index in [1.165, 1.54) is 6.33 Å². The molecule has 0 bridgehead atoms. The summed E-state index contributed by atoms with van der Waals surface area (Å²) in [7, 11) is 3.18. The second-order valence-corrected chi connectivity index (χ2v) is 7.62. The van der Waals surface area contributed by atoms with Crippen LogP contribution in [-0.2, 0) is 0 Å². The number of amides is 1. The Hall–Kier alpha value is -3.62. The molecule has 1 fully saturated rings. The zero-order valence-corrected chi connectivity index (χ0v) is 17.9. The fourth-order valence-corrected chi connectivity index (χ4v) is 3.60. The van der Waals surface area contributed by atoms with Crippen LogP contribution >= 0.6 is 0 Å². The van der Waals surface area contributed by atoms with Crippen molar-refractivity contribution in [3.05, 3.63) is 42.4 Å². The molecular weight excluding hydrogens is 396 g/mol. The van der Waals surface area contributed by atoms with Crippen molar-refractivity contribution in [3.63, 3.8) is 0 Å². The van der Waals surface area contributed by atoms with Crippen molar-refractivity contribution in [2.75, 3.05) is 37.5 Å². The van der Waals surface area contributed by atoms with Gasteiger partial charge in [-0.15, -0.1) is 0 Å². The van der Waals surface area contributed by atoms with Crippen molar-refractivity contribution in [1.82, 2.24) is 20.2 Å². The number of aromatic amines is 1. The predicted octanol–water partition coefficient (Wildman–Crippen LogP) is 3.37. The van der Waals surface area contributed by atoms with Crippen LogP contribution in [0.3, 0.4) is 0 Å². The predicted molar refractivity (Wildman–Crippen MR) is 118 cm³/mol. The number of hydrogen-bond acceptors (Lipinski definition) is 7. The van der Waals surface area contributed by atoms with Crippen molar-refractivity contribution >= 4 is 17.5 Å². The molecule has 3 heterocycles. The quantitative estimate of drug-likeness (QED) is 0.627. The molecule has 1 aromatic carbocycles. The highest BCUT2D eigenvalue weighted by Crippen LogP contribution is 2.32. The Kier molecular flexibility index (Phi) is 6.01. The molecule has 9 nitrogen and oxygen atoms in total. The molecule has 9 heteroatoms. The molecule has 1 amide bonds. The highest BCUT2D eigenvalue weighted by molar-refractivity contribution is 6.03. The lowest BCUT2D eigenvalue weighted by Crippen LogP contribution is -2.33.